The summed E-state index contributed by atoms with van der Waals surface area (Å²) in [4.78, 5) is 4.32. The van der Waals surface area contributed by atoms with E-state index >= 15 is 0 Å². The molecule has 19 heavy (non-hydrogen) atoms. The third-order valence-corrected chi connectivity index (χ3v) is 3.82. The molecule has 1 unspecified atom stereocenters. The molecule has 2 atom stereocenters. The summed E-state index contributed by atoms with van der Waals surface area (Å²) in [5.74, 6) is 0.665. The van der Waals surface area contributed by atoms with Crippen LogP contribution in [-0.4, -0.2) is 10.1 Å². The van der Waals surface area contributed by atoms with Crippen molar-refractivity contribution in [3.05, 3.63) is 57.3 Å². The molecule has 0 radical (unpaired) electrons. The Morgan fingerprint density at radius 1 is 1.32 bits per heavy atom. The van der Waals surface area contributed by atoms with Gasteiger partial charge in [-0.1, -0.05) is 11.6 Å². The SMILES string of the molecule is O[C@H]1CC(c2ccc(Br)cn2)Oc2ccc(Cl)cc21. The first kappa shape index (κ1) is 12.9. The highest BCUT2D eigenvalue weighted by Gasteiger charge is 2.28. The summed E-state index contributed by atoms with van der Waals surface area (Å²) in [6.45, 7) is 0. The molecule has 0 aliphatic carbocycles. The average molecular weight is 341 g/mol. The highest BCUT2D eigenvalue weighted by molar-refractivity contribution is 9.10. The highest BCUT2D eigenvalue weighted by atomic mass is 79.9. The van der Waals surface area contributed by atoms with Crippen LogP contribution in [-0.2, 0) is 0 Å². The first-order valence-corrected chi connectivity index (χ1v) is 7.06. The Morgan fingerprint density at radius 2 is 2.16 bits per heavy atom. The molecule has 5 heteroatoms. The zero-order chi connectivity index (χ0) is 13.4. The summed E-state index contributed by atoms with van der Waals surface area (Å²) < 4.78 is 6.80. The summed E-state index contributed by atoms with van der Waals surface area (Å²) in [7, 11) is 0. The number of fused-ring (bicyclic) bond motifs is 1. The molecule has 1 aliphatic rings. The van der Waals surface area contributed by atoms with Gasteiger partial charge in [0.25, 0.3) is 0 Å². The molecule has 1 aromatic heterocycles. The van der Waals surface area contributed by atoms with Gasteiger partial charge in [-0.25, -0.2) is 0 Å². The van der Waals surface area contributed by atoms with Crippen molar-refractivity contribution in [2.75, 3.05) is 0 Å². The van der Waals surface area contributed by atoms with Crippen LogP contribution in [0.2, 0.25) is 5.02 Å². The van der Waals surface area contributed by atoms with Gasteiger partial charge in [0.15, 0.2) is 0 Å². The van der Waals surface area contributed by atoms with Gasteiger partial charge < -0.3 is 9.84 Å². The van der Waals surface area contributed by atoms with Crippen molar-refractivity contribution < 1.29 is 9.84 Å². The fourth-order valence-corrected chi connectivity index (χ4v) is 2.59. The molecule has 0 bridgehead atoms. The maximum absolute atomic E-state index is 10.2. The molecule has 0 saturated heterocycles. The predicted octanol–water partition coefficient (Wildman–Crippen LogP) is 4.05. The van der Waals surface area contributed by atoms with Crippen molar-refractivity contribution in [3.8, 4) is 5.75 Å². The lowest BCUT2D eigenvalue weighted by Crippen LogP contribution is -2.19. The molecule has 98 valence electrons. The monoisotopic (exact) mass is 339 g/mol. The summed E-state index contributed by atoms with van der Waals surface area (Å²) >= 11 is 9.28. The molecule has 1 N–H and O–H groups in total. The van der Waals surface area contributed by atoms with Crippen molar-refractivity contribution >= 4 is 27.5 Å². The van der Waals surface area contributed by atoms with Crippen LogP contribution in [0.3, 0.4) is 0 Å². The van der Waals surface area contributed by atoms with E-state index in [2.05, 4.69) is 20.9 Å². The topological polar surface area (TPSA) is 42.4 Å². The Kier molecular flexibility index (Phi) is 3.48. The summed E-state index contributed by atoms with van der Waals surface area (Å²) in [5.41, 5.74) is 1.55. The Bertz CT molecular complexity index is 603. The van der Waals surface area contributed by atoms with Crippen LogP contribution >= 0.6 is 27.5 Å². The van der Waals surface area contributed by atoms with Gasteiger partial charge in [0, 0.05) is 27.7 Å². The first-order valence-electron chi connectivity index (χ1n) is 5.89. The molecule has 0 saturated carbocycles. The fourth-order valence-electron chi connectivity index (χ4n) is 2.18. The normalized spacial score (nSPS) is 21.6. The quantitative estimate of drug-likeness (QED) is 0.851. The number of hydrogen-bond acceptors (Lipinski definition) is 3. The van der Waals surface area contributed by atoms with Gasteiger partial charge in [-0.2, -0.15) is 0 Å². The number of rotatable bonds is 1. The van der Waals surface area contributed by atoms with Crippen molar-refractivity contribution in [1.29, 1.82) is 0 Å². The van der Waals surface area contributed by atoms with E-state index in [0.717, 1.165) is 15.7 Å². The molecular formula is C14H11BrClNO2. The fraction of sp³-hybridized carbons (Fsp3) is 0.214. The summed E-state index contributed by atoms with van der Waals surface area (Å²) in [5, 5.41) is 10.8. The number of aliphatic hydroxyl groups is 1. The van der Waals surface area contributed by atoms with Gasteiger partial charge in [0.2, 0.25) is 0 Å². The van der Waals surface area contributed by atoms with E-state index in [-0.39, 0.29) is 6.10 Å². The molecule has 0 fully saturated rings. The van der Waals surface area contributed by atoms with Gasteiger partial charge >= 0.3 is 0 Å². The summed E-state index contributed by atoms with van der Waals surface area (Å²) in [6, 6.07) is 9.08. The third-order valence-electron chi connectivity index (χ3n) is 3.12. The predicted molar refractivity (Wildman–Crippen MR) is 76.3 cm³/mol. The Hall–Kier alpha value is -1.10. The number of aromatic nitrogens is 1. The highest BCUT2D eigenvalue weighted by Crippen LogP contribution is 2.41. The second kappa shape index (κ2) is 5.12. The number of ether oxygens (including phenoxy) is 1. The van der Waals surface area contributed by atoms with Gasteiger partial charge in [-0.05, 0) is 46.3 Å². The first-order chi connectivity index (χ1) is 9.13. The van der Waals surface area contributed by atoms with Gasteiger partial charge in [0.05, 0.1) is 11.8 Å². The summed E-state index contributed by atoms with van der Waals surface area (Å²) in [6.07, 6.45) is 1.37. The molecule has 1 aromatic carbocycles. The van der Waals surface area contributed by atoms with Gasteiger partial charge in [-0.3, -0.25) is 4.98 Å². The minimum atomic E-state index is -0.585. The lowest BCUT2D eigenvalue weighted by molar-refractivity contribution is 0.0637. The number of hydrogen-bond donors (Lipinski definition) is 1. The van der Waals surface area contributed by atoms with Crippen molar-refractivity contribution in [1.82, 2.24) is 4.98 Å². The lowest BCUT2D eigenvalue weighted by atomic mass is 9.97. The minimum Gasteiger partial charge on any atom is -0.484 e. The molecule has 3 nitrogen and oxygen atoms in total. The van der Waals surface area contributed by atoms with E-state index in [1.54, 1.807) is 24.4 Å². The molecule has 0 amide bonds. The Morgan fingerprint density at radius 3 is 2.89 bits per heavy atom. The maximum Gasteiger partial charge on any atom is 0.143 e. The zero-order valence-electron chi connectivity index (χ0n) is 9.88. The number of benzene rings is 1. The van der Waals surface area contributed by atoms with Gasteiger partial charge in [0.1, 0.15) is 11.9 Å². The molecule has 1 aliphatic heterocycles. The number of pyridine rings is 1. The second-order valence-electron chi connectivity index (χ2n) is 4.44. The maximum atomic E-state index is 10.2. The van der Waals surface area contributed by atoms with Crippen LogP contribution in [0.5, 0.6) is 5.75 Å². The smallest absolute Gasteiger partial charge is 0.143 e. The molecule has 0 spiro atoms. The lowest BCUT2D eigenvalue weighted by Gasteiger charge is -2.29. The van der Waals surface area contributed by atoms with Crippen LogP contribution in [0.1, 0.15) is 29.9 Å². The molecule has 2 aromatic rings. The van der Waals surface area contributed by atoms with E-state index < -0.39 is 6.10 Å². The van der Waals surface area contributed by atoms with Crippen LogP contribution in [0, 0.1) is 0 Å². The van der Waals surface area contributed by atoms with Crippen molar-refractivity contribution in [2.24, 2.45) is 0 Å². The van der Waals surface area contributed by atoms with Gasteiger partial charge in [-0.15, -0.1) is 0 Å². The van der Waals surface area contributed by atoms with Crippen LogP contribution < -0.4 is 4.74 Å². The standard InChI is InChI=1S/C14H11BrClNO2/c15-8-1-3-11(17-7-8)14-6-12(18)10-5-9(16)2-4-13(10)19-14/h1-5,7,12,14,18H,6H2/t12-,14?/m0/s1. The van der Waals surface area contributed by atoms with E-state index in [0.29, 0.717) is 17.2 Å². The van der Waals surface area contributed by atoms with E-state index in [4.69, 9.17) is 16.3 Å². The Balaban J connectivity index is 1.92. The van der Waals surface area contributed by atoms with E-state index in [9.17, 15) is 5.11 Å². The number of nitrogens with zero attached hydrogens (tertiary/aromatic N) is 1. The minimum absolute atomic E-state index is 0.239. The number of aliphatic hydroxyl groups excluding tert-OH is 1. The van der Waals surface area contributed by atoms with Crippen molar-refractivity contribution in [2.45, 2.75) is 18.6 Å². The largest absolute Gasteiger partial charge is 0.484 e. The zero-order valence-corrected chi connectivity index (χ0v) is 12.2. The molecule has 2 heterocycles. The van der Waals surface area contributed by atoms with E-state index in [1.165, 1.54) is 0 Å². The number of halogens is 2. The van der Waals surface area contributed by atoms with Crippen LogP contribution in [0.4, 0.5) is 0 Å². The van der Waals surface area contributed by atoms with Crippen LogP contribution in [0.25, 0.3) is 0 Å². The van der Waals surface area contributed by atoms with Crippen molar-refractivity contribution in [3.63, 3.8) is 0 Å². The Labute approximate surface area is 124 Å². The average Bonchev–Trinajstić information content (AvgIpc) is 2.40. The molecular weight excluding hydrogens is 330 g/mol. The molecule has 3 rings (SSSR count). The second-order valence-corrected chi connectivity index (χ2v) is 5.79. The van der Waals surface area contributed by atoms with Crippen LogP contribution in [0.15, 0.2) is 41.0 Å². The third kappa shape index (κ3) is 2.61. The van der Waals surface area contributed by atoms with E-state index in [1.807, 2.05) is 12.1 Å².